The number of carbonyl (C=O) groups is 1. The molecule has 0 radical (unpaired) electrons. The summed E-state index contributed by atoms with van der Waals surface area (Å²) in [6.07, 6.45) is 1.89. The highest BCUT2D eigenvalue weighted by atomic mass is 35.5. The molecule has 1 unspecified atom stereocenters. The van der Waals surface area contributed by atoms with Crippen molar-refractivity contribution in [3.05, 3.63) is 52.7 Å². The second kappa shape index (κ2) is 7.11. The zero-order valence-electron chi connectivity index (χ0n) is 12.4. The zero-order valence-corrected chi connectivity index (χ0v) is 13.1. The normalized spacial score (nSPS) is 16.9. The Hall–Kier alpha value is -2.25. The van der Waals surface area contributed by atoms with Gasteiger partial charge in [-0.2, -0.15) is 0 Å². The van der Waals surface area contributed by atoms with Gasteiger partial charge in [-0.1, -0.05) is 11.6 Å². The Morgan fingerprint density at radius 1 is 1.38 bits per heavy atom. The molecule has 24 heavy (non-hydrogen) atoms. The van der Waals surface area contributed by atoms with Crippen LogP contribution in [0.15, 0.2) is 30.5 Å². The molecule has 1 N–H and O–H groups in total. The van der Waals surface area contributed by atoms with E-state index in [9.17, 15) is 13.6 Å². The van der Waals surface area contributed by atoms with Crippen molar-refractivity contribution in [1.29, 1.82) is 0 Å². The van der Waals surface area contributed by atoms with Crippen LogP contribution in [0, 0.1) is 11.6 Å². The van der Waals surface area contributed by atoms with Crippen LogP contribution in [0.25, 0.3) is 0 Å². The van der Waals surface area contributed by atoms with Gasteiger partial charge in [0.05, 0.1) is 24.5 Å². The monoisotopic (exact) mass is 354 g/mol. The highest BCUT2D eigenvalue weighted by molar-refractivity contribution is 6.32. The number of carbonyl (C=O) groups excluding carboxylic acids is 1. The van der Waals surface area contributed by atoms with E-state index >= 15 is 0 Å². The SMILES string of the molecule is O=C(Nc1ccc(F)cc1F)c1cnc(OC2CCOC2)c(Cl)c1. The molecule has 0 spiro atoms. The first-order valence-electron chi connectivity index (χ1n) is 7.19. The Balaban J connectivity index is 1.71. The summed E-state index contributed by atoms with van der Waals surface area (Å²) < 4.78 is 37.2. The van der Waals surface area contributed by atoms with Crippen molar-refractivity contribution in [3.8, 4) is 5.88 Å². The van der Waals surface area contributed by atoms with Gasteiger partial charge < -0.3 is 14.8 Å². The van der Waals surface area contributed by atoms with E-state index < -0.39 is 17.5 Å². The van der Waals surface area contributed by atoms with Gasteiger partial charge in [0.25, 0.3) is 5.91 Å². The van der Waals surface area contributed by atoms with Crippen LogP contribution in [-0.2, 0) is 4.74 Å². The fraction of sp³-hybridized carbons (Fsp3) is 0.250. The quantitative estimate of drug-likeness (QED) is 0.913. The van der Waals surface area contributed by atoms with Gasteiger partial charge in [0.15, 0.2) is 0 Å². The van der Waals surface area contributed by atoms with Crippen molar-refractivity contribution in [2.45, 2.75) is 12.5 Å². The summed E-state index contributed by atoms with van der Waals surface area (Å²) in [5.74, 6) is -2.02. The Morgan fingerprint density at radius 3 is 2.88 bits per heavy atom. The van der Waals surface area contributed by atoms with Crippen molar-refractivity contribution in [1.82, 2.24) is 4.98 Å². The molecule has 3 rings (SSSR count). The van der Waals surface area contributed by atoms with Gasteiger partial charge in [-0.3, -0.25) is 4.79 Å². The number of pyridine rings is 1. The van der Waals surface area contributed by atoms with E-state index in [0.717, 1.165) is 18.6 Å². The summed E-state index contributed by atoms with van der Waals surface area (Å²) in [5.41, 5.74) is -0.0142. The number of nitrogens with zero attached hydrogens (tertiary/aromatic N) is 1. The molecular weight excluding hydrogens is 342 g/mol. The minimum atomic E-state index is -0.872. The first-order valence-corrected chi connectivity index (χ1v) is 7.57. The van der Waals surface area contributed by atoms with E-state index in [0.29, 0.717) is 19.3 Å². The second-order valence-corrected chi connectivity index (χ2v) is 5.60. The lowest BCUT2D eigenvalue weighted by Crippen LogP contribution is -2.17. The Labute approximate surface area is 141 Å². The van der Waals surface area contributed by atoms with Crippen molar-refractivity contribution < 1.29 is 23.0 Å². The topological polar surface area (TPSA) is 60.5 Å². The number of rotatable bonds is 4. The maximum Gasteiger partial charge on any atom is 0.257 e. The molecular formula is C16H13ClF2N2O3. The third-order valence-electron chi connectivity index (χ3n) is 3.42. The molecule has 1 aromatic heterocycles. The maximum absolute atomic E-state index is 13.6. The van der Waals surface area contributed by atoms with Crippen LogP contribution >= 0.6 is 11.6 Å². The first-order chi connectivity index (χ1) is 11.5. The van der Waals surface area contributed by atoms with Gasteiger partial charge in [-0.05, 0) is 18.2 Å². The lowest BCUT2D eigenvalue weighted by Gasteiger charge is -2.12. The molecule has 2 heterocycles. The summed E-state index contributed by atoms with van der Waals surface area (Å²) in [7, 11) is 0. The van der Waals surface area contributed by atoms with Crippen molar-refractivity contribution in [3.63, 3.8) is 0 Å². The number of nitrogens with one attached hydrogen (secondary N) is 1. The van der Waals surface area contributed by atoms with E-state index in [-0.39, 0.29) is 28.3 Å². The summed E-state index contributed by atoms with van der Waals surface area (Å²) >= 11 is 6.07. The first kappa shape index (κ1) is 16.6. The fourth-order valence-electron chi connectivity index (χ4n) is 2.19. The van der Waals surface area contributed by atoms with Crippen molar-refractivity contribution in [2.75, 3.05) is 18.5 Å². The fourth-order valence-corrected chi connectivity index (χ4v) is 2.40. The van der Waals surface area contributed by atoms with Gasteiger partial charge in [-0.25, -0.2) is 13.8 Å². The highest BCUT2D eigenvalue weighted by Gasteiger charge is 2.20. The molecule has 1 aliphatic heterocycles. The van der Waals surface area contributed by atoms with Crippen LogP contribution in [0.3, 0.4) is 0 Å². The lowest BCUT2D eigenvalue weighted by molar-refractivity contribution is 0.102. The molecule has 0 saturated carbocycles. The average molecular weight is 355 g/mol. The number of halogens is 3. The molecule has 1 fully saturated rings. The number of benzene rings is 1. The van der Waals surface area contributed by atoms with Gasteiger partial charge in [0, 0.05) is 18.7 Å². The van der Waals surface area contributed by atoms with Gasteiger partial charge in [-0.15, -0.1) is 0 Å². The molecule has 1 atom stereocenters. The third kappa shape index (κ3) is 3.80. The van der Waals surface area contributed by atoms with Crippen LogP contribution in [-0.4, -0.2) is 30.2 Å². The van der Waals surface area contributed by atoms with Gasteiger partial charge in [0.1, 0.15) is 22.8 Å². The third-order valence-corrected chi connectivity index (χ3v) is 3.69. The molecule has 1 amide bonds. The molecule has 126 valence electrons. The number of hydrogen-bond acceptors (Lipinski definition) is 4. The van der Waals surface area contributed by atoms with Gasteiger partial charge >= 0.3 is 0 Å². The summed E-state index contributed by atoms with van der Waals surface area (Å²) in [6, 6.07) is 4.23. The lowest BCUT2D eigenvalue weighted by atomic mass is 10.2. The van der Waals surface area contributed by atoms with Crippen molar-refractivity contribution >= 4 is 23.2 Å². The maximum atomic E-state index is 13.6. The molecule has 1 saturated heterocycles. The molecule has 5 nitrogen and oxygen atoms in total. The largest absolute Gasteiger partial charge is 0.471 e. The van der Waals surface area contributed by atoms with E-state index in [2.05, 4.69) is 10.3 Å². The smallest absolute Gasteiger partial charge is 0.257 e. The minimum Gasteiger partial charge on any atom is -0.471 e. The van der Waals surface area contributed by atoms with E-state index in [1.54, 1.807) is 0 Å². The predicted octanol–water partition coefficient (Wildman–Crippen LogP) is 3.43. The second-order valence-electron chi connectivity index (χ2n) is 5.19. The Bertz CT molecular complexity index is 767. The highest BCUT2D eigenvalue weighted by Crippen LogP contribution is 2.25. The van der Waals surface area contributed by atoms with Crippen LogP contribution in [0.5, 0.6) is 5.88 Å². The molecule has 1 aliphatic rings. The van der Waals surface area contributed by atoms with E-state index in [4.69, 9.17) is 21.1 Å². The van der Waals surface area contributed by atoms with Crippen molar-refractivity contribution in [2.24, 2.45) is 0 Å². The summed E-state index contributed by atoms with van der Waals surface area (Å²) in [6.45, 7) is 1.08. The van der Waals surface area contributed by atoms with Crippen LogP contribution < -0.4 is 10.1 Å². The number of anilines is 1. The number of hydrogen-bond donors (Lipinski definition) is 1. The molecule has 0 aliphatic carbocycles. The van der Waals surface area contributed by atoms with Crippen LogP contribution in [0.4, 0.5) is 14.5 Å². The number of ether oxygens (including phenoxy) is 2. The standard InChI is InChI=1S/C16H13ClF2N2O3/c17-12-5-9(7-20-16(12)24-11-3-4-23-8-11)15(22)21-14-2-1-10(18)6-13(14)19/h1-2,5-7,11H,3-4,8H2,(H,21,22). The van der Waals surface area contributed by atoms with E-state index in [1.165, 1.54) is 12.3 Å². The zero-order chi connectivity index (χ0) is 17.1. The van der Waals surface area contributed by atoms with Gasteiger partial charge in [0.2, 0.25) is 5.88 Å². The molecule has 0 bridgehead atoms. The number of aromatic nitrogens is 1. The van der Waals surface area contributed by atoms with E-state index in [1.807, 2.05) is 0 Å². The minimum absolute atomic E-state index is 0.122. The van der Waals surface area contributed by atoms with Crippen LogP contribution in [0.1, 0.15) is 16.8 Å². The molecule has 1 aromatic carbocycles. The summed E-state index contributed by atoms with van der Waals surface area (Å²) in [4.78, 5) is 16.1. The Kier molecular flexibility index (Phi) is 4.92. The molecule has 2 aromatic rings. The Morgan fingerprint density at radius 2 is 2.21 bits per heavy atom. The summed E-state index contributed by atoms with van der Waals surface area (Å²) in [5, 5.41) is 2.49. The van der Waals surface area contributed by atoms with Crippen LogP contribution in [0.2, 0.25) is 5.02 Å². The predicted molar refractivity (Wildman–Crippen MR) is 83.4 cm³/mol. The average Bonchev–Trinajstić information content (AvgIpc) is 3.05. The molecule has 8 heteroatoms. The number of amides is 1.